The normalized spacial score (nSPS) is 11.2. The van der Waals surface area contributed by atoms with Gasteiger partial charge in [0.15, 0.2) is 0 Å². The Morgan fingerprint density at radius 1 is 1.10 bits per heavy atom. The largest absolute Gasteiger partial charge is 0.325 e. The highest BCUT2D eigenvalue weighted by Gasteiger charge is 2.13. The highest BCUT2D eigenvalue weighted by atomic mass is 32.2. The van der Waals surface area contributed by atoms with Gasteiger partial charge in [-0.25, -0.2) is 17.9 Å². The van der Waals surface area contributed by atoms with Crippen molar-refractivity contribution in [3.05, 3.63) is 24.3 Å². The van der Waals surface area contributed by atoms with E-state index in [2.05, 4.69) is 10.0 Å². The Labute approximate surface area is 120 Å². The molecule has 0 saturated heterocycles. The summed E-state index contributed by atoms with van der Waals surface area (Å²) in [5.74, 6) is 0. The van der Waals surface area contributed by atoms with Crippen molar-refractivity contribution in [2.75, 3.05) is 25.0 Å². The van der Waals surface area contributed by atoms with Crippen LogP contribution in [0.2, 0.25) is 0 Å². The molecule has 1 rings (SSSR count). The fourth-order valence-electron chi connectivity index (χ4n) is 1.70. The van der Waals surface area contributed by atoms with Gasteiger partial charge in [-0.1, -0.05) is 6.92 Å². The van der Waals surface area contributed by atoms with E-state index in [0.717, 1.165) is 0 Å². The van der Waals surface area contributed by atoms with E-state index in [0.29, 0.717) is 25.3 Å². The maximum absolute atomic E-state index is 11.8. The zero-order valence-electron chi connectivity index (χ0n) is 12.0. The van der Waals surface area contributed by atoms with Crippen molar-refractivity contribution < 1.29 is 13.2 Å². The second kappa shape index (κ2) is 7.25. The van der Waals surface area contributed by atoms with Gasteiger partial charge < -0.3 is 10.2 Å². The van der Waals surface area contributed by atoms with Gasteiger partial charge >= 0.3 is 6.03 Å². The van der Waals surface area contributed by atoms with Crippen LogP contribution in [0.25, 0.3) is 0 Å². The molecule has 7 heteroatoms. The minimum absolute atomic E-state index is 0.181. The topological polar surface area (TPSA) is 78.5 Å². The number of amides is 2. The molecule has 0 heterocycles. The van der Waals surface area contributed by atoms with Crippen LogP contribution in [0.3, 0.4) is 0 Å². The third kappa shape index (κ3) is 4.21. The van der Waals surface area contributed by atoms with Crippen molar-refractivity contribution in [2.24, 2.45) is 0 Å². The monoisotopic (exact) mass is 299 g/mol. The number of nitrogens with one attached hydrogen (secondary N) is 2. The Kier molecular flexibility index (Phi) is 5.97. The number of hydrogen-bond donors (Lipinski definition) is 2. The summed E-state index contributed by atoms with van der Waals surface area (Å²) in [7, 11) is -3.45. The molecule has 0 aromatic heterocycles. The minimum Gasteiger partial charge on any atom is -0.325 e. The Morgan fingerprint density at radius 2 is 1.65 bits per heavy atom. The number of benzene rings is 1. The molecule has 0 unspecified atom stereocenters. The summed E-state index contributed by atoms with van der Waals surface area (Å²) >= 11 is 0. The fourth-order valence-corrected chi connectivity index (χ4v) is 2.75. The molecule has 0 spiro atoms. The summed E-state index contributed by atoms with van der Waals surface area (Å²) in [5, 5.41) is 2.73. The molecule has 1 aromatic rings. The predicted molar refractivity (Wildman–Crippen MR) is 79.2 cm³/mol. The highest BCUT2D eigenvalue weighted by Crippen LogP contribution is 2.14. The van der Waals surface area contributed by atoms with Crippen molar-refractivity contribution in [1.82, 2.24) is 9.62 Å². The van der Waals surface area contributed by atoms with Crippen LogP contribution in [0.15, 0.2) is 29.2 Å². The third-order valence-corrected chi connectivity index (χ3v) is 4.36. The molecule has 2 amide bonds. The number of carbonyl (C=O) groups excluding carboxylic acids is 1. The second-order valence-corrected chi connectivity index (χ2v) is 5.90. The van der Waals surface area contributed by atoms with Crippen LogP contribution in [0, 0.1) is 0 Å². The average molecular weight is 299 g/mol. The smallest absolute Gasteiger partial charge is 0.321 e. The van der Waals surface area contributed by atoms with Gasteiger partial charge in [-0.15, -0.1) is 0 Å². The van der Waals surface area contributed by atoms with Crippen LogP contribution >= 0.6 is 0 Å². The summed E-state index contributed by atoms with van der Waals surface area (Å²) in [4.78, 5) is 13.7. The van der Waals surface area contributed by atoms with E-state index in [9.17, 15) is 13.2 Å². The third-order valence-electron chi connectivity index (χ3n) is 2.80. The standard InChI is InChI=1S/C13H21N3O3S/c1-4-14-20(18,19)12-9-7-11(8-10-12)15-13(17)16(5-2)6-3/h7-10,14H,4-6H2,1-3H3,(H,15,17). The van der Waals surface area contributed by atoms with Gasteiger partial charge in [0.25, 0.3) is 0 Å². The van der Waals surface area contributed by atoms with Crippen molar-refractivity contribution in [3.8, 4) is 0 Å². The fraction of sp³-hybridized carbons (Fsp3) is 0.462. The number of sulfonamides is 1. The van der Waals surface area contributed by atoms with Gasteiger partial charge in [0.1, 0.15) is 0 Å². The average Bonchev–Trinajstić information content (AvgIpc) is 2.40. The van der Waals surface area contributed by atoms with Crippen LogP contribution in [-0.4, -0.2) is 39.0 Å². The van der Waals surface area contributed by atoms with E-state index in [1.807, 2.05) is 13.8 Å². The zero-order valence-corrected chi connectivity index (χ0v) is 12.8. The molecule has 20 heavy (non-hydrogen) atoms. The summed E-state index contributed by atoms with van der Waals surface area (Å²) < 4.78 is 25.9. The number of urea groups is 1. The van der Waals surface area contributed by atoms with E-state index in [1.165, 1.54) is 12.1 Å². The first-order valence-electron chi connectivity index (χ1n) is 6.60. The molecule has 0 aliphatic carbocycles. The van der Waals surface area contributed by atoms with Gasteiger partial charge in [0, 0.05) is 25.3 Å². The maximum atomic E-state index is 11.8. The van der Waals surface area contributed by atoms with Crippen molar-refractivity contribution >= 4 is 21.7 Å². The molecule has 2 N–H and O–H groups in total. The first-order valence-corrected chi connectivity index (χ1v) is 8.08. The lowest BCUT2D eigenvalue weighted by molar-refractivity contribution is 0.217. The van der Waals surface area contributed by atoms with Gasteiger partial charge in [0.2, 0.25) is 10.0 Å². The number of carbonyl (C=O) groups is 1. The van der Waals surface area contributed by atoms with E-state index in [-0.39, 0.29) is 10.9 Å². The van der Waals surface area contributed by atoms with Gasteiger partial charge in [-0.2, -0.15) is 0 Å². The predicted octanol–water partition coefficient (Wildman–Crippen LogP) is 1.86. The lowest BCUT2D eigenvalue weighted by Gasteiger charge is -2.19. The van der Waals surface area contributed by atoms with Crippen molar-refractivity contribution in [3.63, 3.8) is 0 Å². The number of hydrogen-bond acceptors (Lipinski definition) is 3. The van der Waals surface area contributed by atoms with Crippen LogP contribution in [-0.2, 0) is 10.0 Å². The molecule has 0 fully saturated rings. The molecule has 0 atom stereocenters. The number of nitrogens with zero attached hydrogens (tertiary/aromatic N) is 1. The SMILES string of the molecule is CCNS(=O)(=O)c1ccc(NC(=O)N(CC)CC)cc1. The first kappa shape index (κ1) is 16.5. The molecule has 0 radical (unpaired) electrons. The molecule has 0 aliphatic heterocycles. The molecule has 0 saturated carbocycles. The minimum atomic E-state index is -3.45. The highest BCUT2D eigenvalue weighted by molar-refractivity contribution is 7.89. The zero-order chi connectivity index (χ0) is 15.2. The van der Waals surface area contributed by atoms with E-state index in [4.69, 9.17) is 0 Å². The maximum Gasteiger partial charge on any atom is 0.321 e. The van der Waals surface area contributed by atoms with E-state index < -0.39 is 10.0 Å². The van der Waals surface area contributed by atoms with Crippen molar-refractivity contribution in [1.29, 1.82) is 0 Å². The molecule has 6 nitrogen and oxygen atoms in total. The molecular formula is C13H21N3O3S. The Bertz CT molecular complexity index is 536. The summed E-state index contributed by atoms with van der Waals surface area (Å²) in [6.07, 6.45) is 0. The molecule has 1 aromatic carbocycles. The lowest BCUT2D eigenvalue weighted by atomic mass is 10.3. The van der Waals surface area contributed by atoms with Crippen molar-refractivity contribution in [2.45, 2.75) is 25.7 Å². The number of anilines is 1. The van der Waals surface area contributed by atoms with Crippen LogP contribution < -0.4 is 10.0 Å². The quantitative estimate of drug-likeness (QED) is 0.841. The van der Waals surface area contributed by atoms with Gasteiger partial charge in [-0.3, -0.25) is 0 Å². The molecule has 112 valence electrons. The molecule has 0 bridgehead atoms. The summed E-state index contributed by atoms with van der Waals surface area (Å²) in [6, 6.07) is 5.89. The molecule has 0 aliphatic rings. The summed E-state index contributed by atoms with van der Waals surface area (Å²) in [5.41, 5.74) is 0.567. The van der Waals surface area contributed by atoms with E-state index >= 15 is 0 Å². The Balaban J connectivity index is 2.80. The molecular weight excluding hydrogens is 278 g/mol. The van der Waals surface area contributed by atoms with Gasteiger partial charge in [0.05, 0.1) is 4.90 Å². The second-order valence-electron chi connectivity index (χ2n) is 4.13. The van der Waals surface area contributed by atoms with Gasteiger partial charge in [-0.05, 0) is 38.1 Å². The van der Waals surface area contributed by atoms with Crippen LogP contribution in [0.1, 0.15) is 20.8 Å². The summed E-state index contributed by atoms with van der Waals surface area (Å²) in [6.45, 7) is 7.09. The van der Waals surface area contributed by atoms with E-state index in [1.54, 1.807) is 24.0 Å². The number of rotatable bonds is 6. The Morgan fingerprint density at radius 3 is 2.10 bits per heavy atom. The first-order chi connectivity index (χ1) is 9.44. The lowest BCUT2D eigenvalue weighted by Crippen LogP contribution is -2.34. The van der Waals surface area contributed by atoms with Crippen LogP contribution in [0.4, 0.5) is 10.5 Å². The Hall–Kier alpha value is -1.60. The van der Waals surface area contributed by atoms with Crippen LogP contribution in [0.5, 0.6) is 0 Å².